The van der Waals surface area contributed by atoms with Gasteiger partial charge in [-0.05, 0) is 43.3 Å². The van der Waals surface area contributed by atoms with Crippen LogP contribution in [0.25, 0.3) is 16.9 Å². The number of nitro groups is 1. The van der Waals surface area contributed by atoms with Crippen LogP contribution in [0.4, 0.5) is 5.69 Å². The van der Waals surface area contributed by atoms with Crippen LogP contribution in [0, 0.1) is 17.0 Å². The molecule has 0 aliphatic heterocycles. The van der Waals surface area contributed by atoms with Crippen molar-refractivity contribution in [2.45, 2.75) is 13.0 Å². The van der Waals surface area contributed by atoms with Gasteiger partial charge in [0.1, 0.15) is 6.04 Å². The van der Waals surface area contributed by atoms with E-state index in [4.69, 9.17) is 5.10 Å². The molecule has 0 saturated heterocycles. The van der Waals surface area contributed by atoms with Crippen LogP contribution in [0.2, 0.25) is 0 Å². The highest BCUT2D eigenvalue weighted by molar-refractivity contribution is 5.64. The monoisotopic (exact) mass is 399 g/mol. The lowest BCUT2D eigenvalue weighted by molar-refractivity contribution is -0.482. The van der Waals surface area contributed by atoms with Gasteiger partial charge in [-0.1, -0.05) is 35.9 Å². The van der Waals surface area contributed by atoms with Crippen LogP contribution in [-0.2, 0) is 0 Å². The second-order valence-electron chi connectivity index (χ2n) is 7.03. The smallest absolute Gasteiger partial charge is 0.228 e. The maximum Gasteiger partial charge on any atom is 0.228 e. The molecule has 2 heterocycles. The van der Waals surface area contributed by atoms with Crippen LogP contribution in [0.15, 0.2) is 85.3 Å². The van der Waals surface area contributed by atoms with E-state index in [0.29, 0.717) is 5.69 Å². The van der Waals surface area contributed by atoms with Crippen molar-refractivity contribution in [1.29, 1.82) is 0 Å². The number of pyridine rings is 1. The standard InChI is InChI=1S/C23H21N5O2/c1-17-9-11-19(12-10-17)25-22(16-28(29)30)21-15-27(20-7-3-2-4-8-20)26-23(21)18-6-5-13-24-14-18/h2-15,22,25H,16H2,1H3. The lowest BCUT2D eigenvalue weighted by atomic mass is 10.0. The Balaban J connectivity index is 1.80. The summed E-state index contributed by atoms with van der Waals surface area (Å²) in [5.41, 5.74) is 5.03. The predicted octanol–water partition coefficient (Wildman–Crippen LogP) is 4.67. The molecule has 7 heteroatoms. The lowest BCUT2D eigenvalue weighted by Crippen LogP contribution is -2.20. The summed E-state index contributed by atoms with van der Waals surface area (Å²) in [6.07, 6.45) is 5.26. The number of rotatable bonds is 7. The third kappa shape index (κ3) is 4.35. The summed E-state index contributed by atoms with van der Waals surface area (Å²) in [6.45, 7) is 1.73. The first-order valence-electron chi connectivity index (χ1n) is 9.60. The molecule has 0 amide bonds. The van der Waals surface area contributed by atoms with Crippen molar-refractivity contribution >= 4 is 5.69 Å². The maximum atomic E-state index is 11.5. The van der Waals surface area contributed by atoms with Gasteiger partial charge in [0.2, 0.25) is 6.54 Å². The molecule has 2 aromatic carbocycles. The molecule has 1 N–H and O–H groups in total. The molecule has 0 spiro atoms. The fraction of sp³-hybridized carbons (Fsp3) is 0.130. The number of aromatic nitrogens is 3. The molecule has 1 unspecified atom stereocenters. The largest absolute Gasteiger partial charge is 0.372 e. The van der Waals surface area contributed by atoms with E-state index in [1.807, 2.05) is 79.9 Å². The first-order chi connectivity index (χ1) is 14.6. The molecular weight excluding hydrogens is 378 g/mol. The summed E-state index contributed by atoms with van der Waals surface area (Å²) in [4.78, 5) is 15.4. The number of nitrogens with zero attached hydrogens (tertiary/aromatic N) is 4. The van der Waals surface area contributed by atoms with Gasteiger partial charge in [0, 0.05) is 40.3 Å². The Hall–Kier alpha value is -4.00. The summed E-state index contributed by atoms with van der Waals surface area (Å²) in [6, 6.07) is 20.7. The Morgan fingerprint density at radius 3 is 2.50 bits per heavy atom. The number of hydrogen-bond acceptors (Lipinski definition) is 5. The average molecular weight is 399 g/mol. The average Bonchev–Trinajstić information content (AvgIpc) is 3.21. The molecule has 0 aliphatic rings. The third-order valence-electron chi connectivity index (χ3n) is 4.80. The Kier molecular flexibility index (Phi) is 5.52. The molecule has 1 atom stereocenters. The summed E-state index contributed by atoms with van der Waals surface area (Å²) < 4.78 is 1.75. The number of para-hydroxylation sites is 1. The molecule has 2 aromatic heterocycles. The highest BCUT2D eigenvalue weighted by atomic mass is 16.6. The van der Waals surface area contributed by atoms with E-state index >= 15 is 0 Å². The van der Waals surface area contributed by atoms with Crippen molar-refractivity contribution in [2.24, 2.45) is 0 Å². The molecule has 7 nitrogen and oxygen atoms in total. The van der Waals surface area contributed by atoms with Crippen LogP contribution in [0.1, 0.15) is 17.2 Å². The second kappa shape index (κ2) is 8.57. The summed E-state index contributed by atoms with van der Waals surface area (Å²) in [5, 5.41) is 19.5. The van der Waals surface area contributed by atoms with Crippen molar-refractivity contribution in [3.63, 3.8) is 0 Å². The normalized spacial score (nSPS) is 11.8. The highest BCUT2D eigenvalue weighted by Crippen LogP contribution is 2.30. The Labute approximate surface area is 174 Å². The van der Waals surface area contributed by atoms with Crippen LogP contribution >= 0.6 is 0 Å². The Morgan fingerprint density at radius 1 is 1.07 bits per heavy atom. The van der Waals surface area contributed by atoms with Crippen LogP contribution in [-0.4, -0.2) is 26.2 Å². The molecule has 4 aromatic rings. The molecule has 0 aliphatic carbocycles. The van der Waals surface area contributed by atoms with Gasteiger partial charge >= 0.3 is 0 Å². The topological polar surface area (TPSA) is 85.9 Å². The summed E-state index contributed by atoms with van der Waals surface area (Å²) in [5.74, 6) is 0. The molecule has 150 valence electrons. The molecule has 0 saturated carbocycles. The van der Waals surface area contributed by atoms with E-state index in [1.54, 1.807) is 17.1 Å². The van der Waals surface area contributed by atoms with Gasteiger partial charge in [-0.15, -0.1) is 0 Å². The minimum Gasteiger partial charge on any atom is -0.372 e. The first kappa shape index (κ1) is 19.3. The number of nitrogens with one attached hydrogen (secondary N) is 1. The SMILES string of the molecule is Cc1ccc(NC(C[N+](=O)[O-])c2cn(-c3ccccc3)nc2-c2cccnc2)cc1. The van der Waals surface area contributed by atoms with Crippen molar-refractivity contribution in [3.05, 3.63) is 107 Å². The quantitative estimate of drug-likeness (QED) is 0.360. The number of hydrogen-bond donors (Lipinski definition) is 1. The fourth-order valence-corrected chi connectivity index (χ4v) is 3.30. The Bertz CT molecular complexity index is 1130. The summed E-state index contributed by atoms with van der Waals surface area (Å²) in [7, 11) is 0. The van der Waals surface area contributed by atoms with Crippen LogP contribution in [0.3, 0.4) is 0 Å². The van der Waals surface area contributed by atoms with Crippen molar-refractivity contribution in [3.8, 4) is 16.9 Å². The van der Waals surface area contributed by atoms with Gasteiger partial charge in [0.25, 0.3) is 0 Å². The van der Waals surface area contributed by atoms with Crippen molar-refractivity contribution in [1.82, 2.24) is 14.8 Å². The molecule has 0 fully saturated rings. The van der Waals surface area contributed by atoms with Gasteiger partial charge in [-0.2, -0.15) is 5.10 Å². The van der Waals surface area contributed by atoms with Crippen LogP contribution < -0.4 is 5.32 Å². The second-order valence-corrected chi connectivity index (χ2v) is 7.03. The van der Waals surface area contributed by atoms with E-state index in [9.17, 15) is 10.1 Å². The molecule has 0 radical (unpaired) electrons. The van der Waals surface area contributed by atoms with Crippen LogP contribution in [0.5, 0.6) is 0 Å². The van der Waals surface area contributed by atoms with E-state index in [2.05, 4.69) is 10.3 Å². The van der Waals surface area contributed by atoms with Gasteiger partial charge < -0.3 is 5.32 Å². The zero-order chi connectivity index (χ0) is 20.9. The highest BCUT2D eigenvalue weighted by Gasteiger charge is 2.25. The summed E-state index contributed by atoms with van der Waals surface area (Å²) >= 11 is 0. The van der Waals surface area contributed by atoms with Gasteiger partial charge in [-0.25, -0.2) is 4.68 Å². The number of aryl methyl sites for hydroxylation is 1. The fourth-order valence-electron chi connectivity index (χ4n) is 3.30. The molecule has 30 heavy (non-hydrogen) atoms. The zero-order valence-corrected chi connectivity index (χ0v) is 16.5. The number of benzene rings is 2. The number of anilines is 1. The van der Waals surface area contributed by atoms with Crippen molar-refractivity contribution in [2.75, 3.05) is 11.9 Å². The van der Waals surface area contributed by atoms with Gasteiger partial charge in [-0.3, -0.25) is 15.1 Å². The minimum atomic E-state index is -0.560. The van der Waals surface area contributed by atoms with Gasteiger partial charge in [0.05, 0.1) is 11.4 Å². The van der Waals surface area contributed by atoms with Crippen molar-refractivity contribution < 1.29 is 4.92 Å². The molecular formula is C23H21N5O2. The predicted molar refractivity (Wildman–Crippen MR) is 116 cm³/mol. The van der Waals surface area contributed by atoms with E-state index in [-0.39, 0.29) is 11.5 Å². The maximum absolute atomic E-state index is 11.5. The van der Waals surface area contributed by atoms with E-state index < -0.39 is 6.04 Å². The molecule has 4 rings (SSSR count). The zero-order valence-electron chi connectivity index (χ0n) is 16.5. The Morgan fingerprint density at radius 2 is 1.83 bits per heavy atom. The third-order valence-corrected chi connectivity index (χ3v) is 4.80. The van der Waals surface area contributed by atoms with E-state index in [0.717, 1.165) is 28.1 Å². The lowest BCUT2D eigenvalue weighted by Gasteiger charge is -2.16. The molecule has 0 bridgehead atoms. The van der Waals surface area contributed by atoms with Gasteiger partial charge in [0.15, 0.2) is 0 Å². The first-order valence-corrected chi connectivity index (χ1v) is 9.60. The van der Waals surface area contributed by atoms with E-state index in [1.165, 1.54) is 0 Å². The minimum absolute atomic E-state index is 0.276.